The van der Waals surface area contributed by atoms with Gasteiger partial charge < -0.3 is 5.11 Å². The highest BCUT2D eigenvalue weighted by atomic mass is 32.1. The molecule has 0 amide bonds. The molecule has 5 heteroatoms. The molecule has 1 aromatic rings. The van der Waals surface area contributed by atoms with E-state index in [1.54, 1.807) is 11.3 Å². The van der Waals surface area contributed by atoms with Crippen LogP contribution in [-0.4, -0.2) is 17.4 Å². The van der Waals surface area contributed by atoms with Gasteiger partial charge in [0.25, 0.3) is 0 Å². The van der Waals surface area contributed by atoms with Gasteiger partial charge in [-0.25, -0.2) is 0 Å². The molecular weight excluding hydrogens is 261 g/mol. The number of hydrogen-bond acceptors (Lipinski definition) is 2. The monoisotopic (exact) mass is 278 g/mol. The van der Waals surface area contributed by atoms with Crippen LogP contribution < -0.4 is 0 Å². The van der Waals surface area contributed by atoms with Crippen molar-refractivity contribution in [2.75, 3.05) is 0 Å². The van der Waals surface area contributed by atoms with Gasteiger partial charge in [0.2, 0.25) is 0 Å². The highest BCUT2D eigenvalue weighted by Crippen LogP contribution is 2.40. The lowest BCUT2D eigenvalue weighted by Crippen LogP contribution is -2.32. The Morgan fingerprint density at radius 3 is 2.44 bits per heavy atom. The summed E-state index contributed by atoms with van der Waals surface area (Å²) in [5.41, 5.74) is 1.07. The fourth-order valence-electron chi connectivity index (χ4n) is 2.65. The van der Waals surface area contributed by atoms with Crippen LogP contribution >= 0.6 is 11.3 Å². The maximum Gasteiger partial charge on any atom is 0.391 e. The van der Waals surface area contributed by atoms with E-state index in [0.717, 1.165) is 5.56 Å². The predicted molar refractivity (Wildman–Crippen MR) is 65.5 cm³/mol. The Morgan fingerprint density at radius 1 is 1.28 bits per heavy atom. The summed E-state index contributed by atoms with van der Waals surface area (Å²) in [7, 11) is 0. The zero-order valence-corrected chi connectivity index (χ0v) is 10.8. The van der Waals surface area contributed by atoms with Crippen LogP contribution in [0, 0.1) is 11.8 Å². The van der Waals surface area contributed by atoms with Gasteiger partial charge in [-0.05, 0) is 60.4 Å². The average molecular weight is 278 g/mol. The van der Waals surface area contributed by atoms with Crippen molar-refractivity contribution in [2.24, 2.45) is 11.8 Å². The molecule has 1 nitrogen and oxygen atoms in total. The molecule has 1 fully saturated rings. The largest absolute Gasteiger partial charge is 0.392 e. The first-order valence-corrected chi connectivity index (χ1v) is 7.17. The van der Waals surface area contributed by atoms with Crippen molar-refractivity contribution in [3.05, 3.63) is 22.4 Å². The number of hydrogen-bond donors (Lipinski definition) is 1. The van der Waals surface area contributed by atoms with Crippen molar-refractivity contribution >= 4 is 11.3 Å². The lowest BCUT2D eigenvalue weighted by atomic mass is 9.78. The molecular formula is C13H17F3OS. The second kappa shape index (κ2) is 5.61. The van der Waals surface area contributed by atoms with E-state index < -0.39 is 18.2 Å². The van der Waals surface area contributed by atoms with Gasteiger partial charge in [0, 0.05) is 0 Å². The molecule has 102 valence electrons. The van der Waals surface area contributed by atoms with Gasteiger partial charge in [0.05, 0.1) is 12.0 Å². The minimum atomic E-state index is -4.07. The molecule has 1 unspecified atom stereocenters. The molecule has 1 saturated carbocycles. The SMILES string of the molecule is OC(Cc1ccsc1)C1CCC(C(F)(F)F)CC1. The molecule has 0 aliphatic heterocycles. The molecule has 1 N–H and O–H groups in total. The molecule has 1 atom stereocenters. The molecule has 1 aromatic heterocycles. The van der Waals surface area contributed by atoms with Gasteiger partial charge in [-0.1, -0.05) is 0 Å². The van der Waals surface area contributed by atoms with Crippen molar-refractivity contribution in [3.63, 3.8) is 0 Å². The van der Waals surface area contributed by atoms with Crippen LogP contribution in [0.2, 0.25) is 0 Å². The number of rotatable bonds is 3. The fraction of sp³-hybridized carbons (Fsp3) is 0.692. The fourth-order valence-corrected chi connectivity index (χ4v) is 3.33. The normalized spacial score (nSPS) is 27.1. The van der Waals surface area contributed by atoms with Crippen molar-refractivity contribution in [1.29, 1.82) is 0 Å². The Labute approximate surface area is 109 Å². The third-order valence-electron chi connectivity index (χ3n) is 3.80. The standard InChI is InChI=1S/C13H17F3OS/c14-13(15,16)11-3-1-10(2-4-11)12(17)7-9-5-6-18-8-9/h5-6,8,10-12,17H,1-4,7H2. The van der Waals surface area contributed by atoms with Crippen LogP contribution in [0.15, 0.2) is 16.8 Å². The summed E-state index contributed by atoms with van der Waals surface area (Å²) in [6.07, 6.45) is -2.73. The van der Waals surface area contributed by atoms with E-state index in [9.17, 15) is 18.3 Å². The van der Waals surface area contributed by atoms with Gasteiger partial charge in [-0.2, -0.15) is 24.5 Å². The highest BCUT2D eigenvalue weighted by molar-refractivity contribution is 7.07. The second-order valence-corrected chi connectivity index (χ2v) is 5.84. The van der Waals surface area contributed by atoms with Crippen molar-refractivity contribution in [2.45, 2.75) is 44.4 Å². The minimum absolute atomic E-state index is 0.0171. The van der Waals surface area contributed by atoms with E-state index >= 15 is 0 Å². The van der Waals surface area contributed by atoms with Crippen molar-refractivity contribution in [3.8, 4) is 0 Å². The topological polar surface area (TPSA) is 20.2 Å². The van der Waals surface area contributed by atoms with Crippen LogP contribution in [0.4, 0.5) is 13.2 Å². The lowest BCUT2D eigenvalue weighted by molar-refractivity contribution is -0.185. The Balaban J connectivity index is 1.82. The molecule has 1 aliphatic rings. The van der Waals surface area contributed by atoms with Crippen molar-refractivity contribution < 1.29 is 18.3 Å². The predicted octanol–water partition coefficient (Wildman–Crippen LogP) is 4.02. The number of aliphatic hydroxyl groups is 1. The molecule has 2 rings (SSSR count). The third-order valence-corrected chi connectivity index (χ3v) is 4.54. The summed E-state index contributed by atoms with van der Waals surface area (Å²) in [6.45, 7) is 0. The lowest BCUT2D eigenvalue weighted by Gasteiger charge is -2.32. The van der Waals surface area contributed by atoms with E-state index in [4.69, 9.17) is 0 Å². The highest BCUT2D eigenvalue weighted by Gasteiger charge is 2.42. The van der Waals surface area contributed by atoms with Crippen LogP contribution in [0.3, 0.4) is 0 Å². The van der Waals surface area contributed by atoms with Crippen molar-refractivity contribution in [1.82, 2.24) is 0 Å². The Morgan fingerprint density at radius 2 is 1.94 bits per heavy atom. The molecule has 1 heterocycles. The maximum atomic E-state index is 12.5. The second-order valence-electron chi connectivity index (χ2n) is 5.06. The van der Waals surface area contributed by atoms with Crippen LogP contribution in [0.25, 0.3) is 0 Å². The number of alkyl halides is 3. The quantitative estimate of drug-likeness (QED) is 0.885. The summed E-state index contributed by atoms with van der Waals surface area (Å²) in [6, 6.07) is 1.95. The zero-order chi connectivity index (χ0) is 13.2. The van der Waals surface area contributed by atoms with Crippen LogP contribution in [0.5, 0.6) is 0 Å². The molecule has 0 bridgehead atoms. The van der Waals surface area contributed by atoms with E-state index in [2.05, 4.69) is 0 Å². The average Bonchev–Trinajstić information content (AvgIpc) is 2.81. The third kappa shape index (κ3) is 3.48. The molecule has 1 aliphatic carbocycles. The smallest absolute Gasteiger partial charge is 0.391 e. The Bertz CT molecular complexity index is 353. The van der Waals surface area contributed by atoms with Gasteiger partial charge >= 0.3 is 6.18 Å². The molecule has 0 saturated heterocycles. The van der Waals surface area contributed by atoms with Gasteiger partial charge in [-0.15, -0.1) is 0 Å². The van der Waals surface area contributed by atoms with Gasteiger partial charge in [-0.3, -0.25) is 0 Å². The van der Waals surface area contributed by atoms with Crippen LogP contribution in [-0.2, 0) is 6.42 Å². The first-order chi connectivity index (χ1) is 8.47. The molecule has 0 spiro atoms. The summed E-state index contributed by atoms with van der Waals surface area (Å²) >= 11 is 1.57. The van der Waals surface area contributed by atoms with E-state index in [0.29, 0.717) is 19.3 Å². The first-order valence-electron chi connectivity index (χ1n) is 6.22. The van der Waals surface area contributed by atoms with E-state index in [1.807, 2.05) is 16.8 Å². The Kier molecular flexibility index (Phi) is 4.33. The summed E-state index contributed by atoms with van der Waals surface area (Å²) < 4.78 is 37.5. The number of thiophene rings is 1. The zero-order valence-electron chi connectivity index (χ0n) is 9.99. The van der Waals surface area contributed by atoms with Crippen LogP contribution in [0.1, 0.15) is 31.2 Å². The molecule has 18 heavy (non-hydrogen) atoms. The first kappa shape index (κ1) is 13.9. The van der Waals surface area contributed by atoms with Gasteiger partial charge in [0.15, 0.2) is 0 Å². The Hall–Kier alpha value is -0.550. The van der Waals surface area contributed by atoms with E-state index in [-0.39, 0.29) is 18.8 Å². The molecule has 0 radical (unpaired) electrons. The summed E-state index contributed by atoms with van der Waals surface area (Å²) in [5.74, 6) is -1.15. The molecule has 0 aromatic carbocycles. The maximum absolute atomic E-state index is 12.5. The number of aliphatic hydroxyl groups excluding tert-OH is 1. The van der Waals surface area contributed by atoms with E-state index in [1.165, 1.54) is 0 Å². The van der Waals surface area contributed by atoms with Gasteiger partial charge in [0.1, 0.15) is 0 Å². The summed E-state index contributed by atoms with van der Waals surface area (Å²) in [4.78, 5) is 0. The minimum Gasteiger partial charge on any atom is -0.392 e. The number of halogens is 3. The summed E-state index contributed by atoms with van der Waals surface area (Å²) in [5, 5.41) is 14.0.